The molecule has 2 heteroatoms. The van der Waals surface area contributed by atoms with E-state index in [9.17, 15) is 0 Å². The maximum absolute atomic E-state index is 6.04. The van der Waals surface area contributed by atoms with Gasteiger partial charge >= 0.3 is 0 Å². The molecule has 0 aliphatic rings. The molecule has 20 heavy (non-hydrogen) atoms. The van der Waals surface area contributed by atoms with Crippen LogP contribution >= 0.6 is 0 Å². The van der Waals surface area contributed by atoms with Crippen molar-refractivity contribution in [2.24, 2.45) is 0 Å². The molecule has 3 aromatic rings. The second-order valence-corrected chi connectivity index (χ2v) is 5.36. The van der Waals surface area contributed by atoms with E-state index in [4.69, 9.17) is 10.7 Å². The summed E-state index contributed by atoms with van der Waals surface area (Å²) in [5, 5.41) is 1.08. The first-order chi connectivity index (χ1) is 9.66. The summed E-state index contributed by atoms with van der Waals surface area (Å²) >= 11 is 0. The average Bonchev–Trinajstić information content (AvgIpc) is 2.47. The van der Waals surface area contributed by atoms with Crippen molar-refractivity contribution < 1.29 is 0 Å². The molecule has 3 rings (SSSR count). The van der Waals surface area contributed by atoms with Crippen LogP contribution in [0, 0.1) is 0 Å². The van der Waals surface area contributed by atoms with E-state index in [1.165, 1.54) is 11.1 Å². The van der Waals surface area contributed by atoms with Gasteiger partial charge < -0.3 is 5.73 Å². The van der Waals surface area contributed by atoms with Gasteiger partial charge in [-0.25, -0.2) is 4.98 Å². The number of nitrogen functional groups attached to an aromatic ring is 1. The molecule has 0 aliphatic heterocycles. The number of para-hydroxylation sites is 1. The standard InChI is InChI=1S/C18H18N2/c1-12(2)14-7-3-4-8-15(14)17-11-10-13-6-5-9-16(19)18(13)20-17/h3-12H,19H2,1-2H3. The molecule has 2 N–H and O–H groups in total. The van der Waals surface area contributed by atoms with Crippen molar-refractivity contribution in [2.45, 2.75) is 19.8 Å². The molecule has 2 nitrogen and oxygen atoms in total. The van der Waals surface area contributed by atoms with Crippen LogP contribution in [-0.4, -0.2) is 4.98 Å². The normalized spacial score (nSPS) is 11.2. The molecule has 0 fully saturated rings. The van der Waals surface area contributed by atoms with Crippen LogP contribution in [0.2, 0.25) is 0 Å². The maximum atomic E-state index is 6.04. The summed E-state index contributed by atoms with van der Waals surface area (Å²) < 4.78 is 0. The number of benzene rings is 2. The Bertz CT molecular complexity index is 760. The minimum atomic E-state index is 0.469. The lowest BCUT2D eigenvalue weighted by Gasteiger charge is -2.13. The van der Waals surface area contributed by atoms with Crippen molar-refractivity contribution in [3.63, 3.8) is 0 Å². The summed E-state index contributed by atoms with van der Waals surface area (Å²) in [5.41, 5.74) is 11.1. The van der Waals surface area contributed by atoms with Gasteiger partial charge in [-0.2, -0.15) is 0 Å². The zero-order chi connectivity index (χ0) is 14.1. The zero-order valence-electron chi connectivity index (χ0n) is 11.8. The predicted molar refractivity (Wildman–Crippen MR) is 85.7 cm³/mol. The molecule has 2 aromatic carbocycles. The van der Waals surface area contributed by atoms with Gasteiger partial charge in [0.1, 0.15) is 0 Å². The Morgan fingerprint density at radius 3 is 2.50 bits per heavy atom. The van der Waals surface area contributed by atoms with E-state index in [0.717, 1.165) is 22.3 Å². The van der Waals surface area contributed by atoms with Gasteiger partial charge in [0.25, 0.3) is 0 Å². The Morgan fingerprint density at radius 2 is 1.70 bits per heavy atom. The molecule has 0 bridgehead atoms. The van der Waals surface area contributed by atoms with Crippen molar-refractivity contribution in [2.75, 3.05) is 5.73 Å². The van der Waals surface area contributed by atoms with E-state index >= 15 is 0 Å². The van der Waals surface area contributed by atoms with Gasteiger partial charge in [0.05, 0.1) is 16.9 Å². The summed E-state index contributed by atoms with van der Waals surface area (Å²) in [6, 6.07) is 18.5. The van der Waals surface area contributed by atoms with E-state index < -0.39 is 0 Å². The molecule has 1 heterocycles. The molecule has 0 spiro atoms. The molecule has 1 aromatic heterocycles. The summed E-state index contributed by atoms with van der Waals surface area (Å²) in [4.78, 5) is 4.76. The Labute approximate surface area is 119 Å². The largest absolute Gasteiger partial charge is 0.397 e. The highest BCUT2D eigenvalue weighted by Gasteiger charge is 2.10. The molecular weight excluding hydrogens is 244 g/mol. The van der Waals surface area contributed by atoms with Crippen LogP contribution in [0.15, 0.2) is 54.6 Å². The number of aromatic nitrogens is 1. The molecule has 0 saturated carbocycles. The Hall–Kier alpha value is -2.35. The van der Waals surface area contributed by atoms with E-state index in [1.54, 1.807) is 0 Å². The summed E-state index contributed by atoms with van der Waals surface area (Å²) in [7, 11) is 0. The minimum absolute atomic E-state index is 0.469. The van der Waals surface area contributed by atoms with Gasteiger partial charge in [0, 0.05) is 10.9 Å². The molecule has 0 radical (unpaired) electrons. The van der Waals surface area contributed by atoms with E-state index in [1.807, 2.05) is 18.2 Å². The second-order valence-electron chi connectivity index (χ2n) is 5.36. The fourth-order valence-corrected chi connectivity index (χ4v) is 2.55. The topological polar surface area (TPSA) is 38.9 Å². The average molecular weight is 262 g/mol. The van der Waals surface area contributed by atoms with Crippen LogP contribution in [0.1, 0.15) is 25.3 Å². The third-order valence-electron chi connectivity index (χ3n) is 3.61. The molecular formula is C18H18N2. The summed E-state index contributed by atoms with van der Waals surface area (Å²) in [5.74, 6) is 0.469. The third-order valence-corrected chi connectivity index (χ3v) is 3.61. The van der Waals surface area contributed by atoms with Gasteiger partial charge in [0.15, 0.2) is 0 Å². The highest BCUT2D eigenvalue weighted by molar-refractivity contribution is 5.91. The van der Waals surface area contributed by atoms with Crippen molar-refractivity contribution in [1.29, 1.82) is 0 Å². The number of anilines is 1. The lowest BCUT2D eigenvalue weighted by Crippen LogP contribution is -1.95. The maximum Gasteiger partial charge on any atom is 0.0938 e. The van der Waals surface area contributed by atoms with Crippen LogP contribution in [0.4, 0.5) is 5.69 Å². The van der Waals surface area contributed by atoms with E-state index in [-0.39, 0.29) is 0 Å². The van der Waals surface area contributed by atoms with Crippen molar-refractivity contribution >= 4 is 16.6 Å². The zero-order valence-corrected chi connectivity index (χ0v) is 11.8. The van der Waals surface area contributed by atoms with Crippen LogP contribution in [-0.2, 0) is 0 Å². The van der Waals surface area contributed by atoms with Crippen LogP contribution in [0.3, 0.4) is 0 Å². The quantitative estimate of drug-likeness (QED) is 0.685. The first-order valence-electron chi connectivity index (χ1n) is 6.91. The molecule has 0 saturated heterocycles. The first kappa shape index (κ1) is 12.7. The smallest absolute Gasteiger partial charge is 0.0938 e. The fourth-order valence-electron chi connectivity index (χ4n) is 2.55. The number of rotatable bonds is 2. The van der Waals surface area contributed by atoms with Crippen LogP contribution in [0.5, 0.6) is 0 Å². The fraction of sp³-hybridized carbons (Fsp3) is 0.167. The third kappa shape index (κ3) is 2.14. The summed E-state index contributed by atoms with van der Waals surface area (Å²) in [6.45, 7) is 4.41. The van der Waals surface area contributed by atoms with Crippen molar-refractivity contribution in [1.82, 2.24) is 4.98 Å². The highest BCUT2D eigenvalue weighted by atomic mass is 14.7. The highest BCUT2D eigenvalue weighted by Crippen LogP contribution is 2.30. The lowest BCUT2D eigenvalue weighted by molar-refractivity contribution is 0.868. The lowest BCUT2D eigenvalue weighted by atomic mass is 9.95. The second kappa shape index (κ2) is 4.97. The molecule has 0 atom stereocenters. The van der Waals surface area contributed by atoms with Gasteiger partial charge in [-0.05, 0) is 23.6 Å². The number of nitrogens with zero attached hydrogens (tertiary/aromatic N) is 1. The first-order valence-corrected chi connectivity index (χ1v) is 6.91. The van der Waals surface area contributed by atoms with Crippen molar-refractivity contribution in [3.8, 4) is 11.3 Å². The Kier molecular flexibility index (Phi) is 3.15. The predicted octanol–water partition coefficient (Wildman–Crippen LogP) is 4.61. The van der Waals surface area contributed by atoms with E-state index in [0.29, 0.717) is 5.92 Å². The van der Waals surface area contributed by atoms with Crippen LogP contribution in [0.25, 0.3) is 22.2 Å². The minimum Gasteiger partial charge on any atom is -0.397 e. The molecule has 0 unspecified atom stereocenters. The Morgan fingerprint density at radius 1 is 0.900 bits per heavy atom. The van der Waals surface area contributed by atoms with Crippen LogP contribution < -0.4 is 5.73 Å². The molecule has 100 valence electrons. The van der Waals surface area contributed by atoms with Crippen molar-refractivity contribution in [3.05, 3.63) is 60.2 Å². The van der Waals surface area contributed by atoms with Gasteiger partial charge in [-0.15, -0.1) is 0 Å². The number of hydrogen-bond donors (Lipinski definition) is 1. The van der Waals surface area contributed by atoms with Gasteiger partial charge in [-0.1, -0.05) is 56.3 Å². The van der Waals surface area contributed by atoms with Gasteiger partial charge in [0.2, 0.25) is 0 Å². The number of hydrogen-bond acceptors (Lipinski definition) is 2. The molecule has 0 amide bonds. The monoisotopic (exact) mass is 262 g/mol. The van der Waals surface area contributed by atoms with Gasteiger partial charge in [-0.3, -0.25) is 0 Å². The summed E-state index contributed by atoms with van der Waals surface area (Å²) in [6.07, 6.45) is 0. The number of fused-ring (bicyclic) bond motifs is 1. The Balaban J connectivity index is 2.23. The molecule has 0 aliphatic carbocycles. The number of pyridine rings is 1. The SMILES string of the molecule is CC(C)c1ccccc1-c1ccc2cccc(N)c2n1. The number of nitrogens with two attached hydrogens (primary N) is 1. The van der Waals surface area contributed by atoms with E-state index in [2.05, 4.69) is 50.2 Å².